The van der Waals surface area contributed by atoms with Gasteiger partial charge in [-0.1, -0.05) is 6.07 Å². The van der Waals surface area contributed by atoms with Gasteiger partial charge in [0.05, 0.1) is 17.7 Å². The van der Waals surface area contributed by atoms with Gasteiger partial charge < -0.3 is 4.57 Å². The van der Waals surface area contributed by atoms with Gasteiger partial charge in [-0.25, -0.2) is 4.98 Å². The first-order chi connectivity index (χ1) is 10.9. The minimum Gasteiger partial charge on any atom is -0.333 e. The van der Waals surface area contributed by atoms with Crippen LogP contribution < -0.4 is 0 Å². The second-order valence-electron chi connectivity index (χ2n) is 6.46. The van der Waals surface area contributed by atoms with Crippen LogP contribution in [0.25, 0.3) is 0 Å². The highest BCUT2D eigenvalue weighted by molar-refractivity contribution is 7.09. The van der Waals surface area contributed by atoms with Crippen molar-refractivity contribution in [2.45, 2.75) is 45.4 Å². The molecule has 0 atom stereocenters. The summed E-state index contributed by atoms with van der Waals surface area (Å²) in [5.41, 5.74) is 2.75. The van der Waals surface area contributed by atoms with Crippen LogP contribution in [0.4, 0.5) is 0 Å². The molecule has 4 nitrogen and oxygen atoms in total. The maximum atomic E-state index is 4.73. The van der Waals surface area contributed by atoms with E-state index >= 15 is 0 Å². The number of aryl methyl sites for hydroxylation is 1. The topological polar surface area (TPSA) is 24.3 Å². The van der Waals surface area contributed by atoms with Crippen molar-refractivity contribution in [1.29, 1.82) is 0 Å². The van der Waals surface area contributed by atoms with Crippen LogP contribution in [0.15, 0.2) is 23.8 Å². The second kappa shape index (κ2) is 6.52. The van der Waals surface area contributed by atoms with Gasteiger partial charge in [0, 0.05) is 37.6 Å². The number of thiophene rings is 1. The van der Waals surface area contributed by atoms with Crippen molar-refractivity contribution < 1.29 is 0 Å². The van der Waals surface area contributed by atoms with Gasteiger partial charge in [-0.3, -0.25) is 9.80 Å². The first kappa shape index (κ1) is 14.4. The van der Waals surface area contributed by atoms with Crippen LogP contribution in [0.3, 0.4) is 0 Å². The largest absolute Gasteiger partial charge is 0.333 e. The molecule has 0 spiro atoms. The molecule has 1 fully saturated rings. The Morgan fingerprint density at radius 3 is 2.68 bits per heavy atom. The zero-order valence-corrected chi connectivity index (χ0v) is 13.9. The minimum atomic E-state index is 1.04. The summed E-state index contributed by atoms with van der Waals surface area (Å²) in [5.74, 6) is 0. The van der Waals surface area contributed by atoms with E-state index in [-0.39, 0.29) is 0 Å². The van der Waals surface area contributed by atoms with Crippen molar-refractivity contribution in [2.24, 2.45) is 0 Å². The Labute approximate surface area is 136 Å². The monoisotopic (exact) mass is 316 g/mol. The lowest BCUT2D eigenvalue weighted by Gasteiger charge is -2.20. The van der Waals surface area contributed by atoms with Gasteiger partial charge in [-0.15, -0.1) is 11.3 Å². The Morgan fingerprint density at radius 1 is 1.00 bits per heavy atom. The number of imidazole rings is 1. The first-order valence-corrected chi connectivity index (χ1v) is 9.26. The molecule has 2 aromatic rings. The highest BCUT2D eigenvalue weighted by atomic mass is 32.1. The quantitative estimate of drug-likeness (QED) is 0.867. The first-order valence-electron chi connectivity index (χ1n) is 8.38. The third-order valence-electron chi connectivity index (χ3n) is 4.81. The molecule has 22 heavy (non-hydrogen) atoms. The standard InChI is InChI=1S/C17H24N4S/c1-2-7-19(6-1)12-16-17-13-20(11-15-5-3-10-22-15)8-4-9-21(17)14-18-16/h3,5,10,14H,1-2,4,6-9,11-13H2. The molecule has 2 aliphatic heterocycles. The molecule has 118 valence electrons. The number of rotatable bonds is 4. The van der Waals surface area contributed by atoms with E-state index in [9.17, 15) is 0 Å². The van der Waals surface area contributed by atoms with E-state index in [0.29, 0.717) is 0 Å². The molecule has 5 heteroatoms. The zero-order chi connectivity index (χ0) is 14.8. The zero-order valence-electron chi connectivity index (χ0n) is 13.1. The summed E-state index contributed by atoms with van der Waals surface area (Å²) < 4.78 is 2.39. The normalized spacial score (nSPS) is 20.2. The fourth-order valence-corrected chi connectivity index (χ4v) is 4.37. The van der Waals surface area contributed by atoms with E-state index in [1.54, 1.807) is 0 Å². The van der Waals surface area contributed by atoms with Gasteiger partial charge in [0.15, 0.2) is 0 Å². The van der Waals surface area contributed by atoms with Crippen LogP contribution in [0, 0.1) is 0 Å². The molecule has 2 aliphatic rings. The van der Waals surface area contributed by atoms with E-state index < -0.39 is 0 Å². The SMILES string of the molecule is c1csc(CN2CCCn3cnc(CN4CCCC4)c3C2)c1. The van der Waals surface area contributed by atoms with Crippen LogP contribution in [0.1, 0.15) is 35.5 Å². The van der Waals surface area contributed by atoms with Crippen molar-refractivity contribution in [1.82, 2.24) is 19.4 Å². The number of likely N-dealkylation sites (tertiary alicyclic amines) is 1. The summed E-state index contributed by atoms with van der Waals surface area (Å²) in [6.45, 7) is 7.94. The Bertz CT molecular complexity index is 598. The van der Waals surface area contributed by atoms with Crippen molar-refractivity contribution in [3.63, 3.8) is 0 Å². The van der Waals surface area contributed by atoms with E-state index in [1.807, 2.05) is 11.3 Å². The lowest BCUT2D eigenvalue weighted by Crippen LogP contribution is -2.24. The molecule has 0 N–H and O–H groups in total. The summed E-state index contributed by atoms with van der Waals surface area (Å²) >= 11 is 1.86. The number of nitrogens with zero attached hydrogens (tertiary/aromatic N) is 4. The van der Waals surface area contributed by atoms with Crippen LogP contribution in [-0.2, 0) is 26.2 Å². The second-order valence-corrected chi connectivity index (χ2v) is 7.49. The number of hydrogen-bond donors (Lipinski definition) is 0. The summed E-state index contributed by atoms with van der Waals surface area (Å²) in [7, 11) is 0. The summed E-state index contributed by atoms with van der Waals surface area (Å²) in [6, 6.07) is 4.40. The molecule has 0 saturated carbocycles. The molecular weight excluding hydrogens is 292 g/mol. The summed E-state index contributed by atoms with van der Waals surface area (Å²) in [5, 5.41) is 2.18. The molecular formula is C17H24N4S. The average molecular weight is 316 g/mol. The van der Waals surface area contributed by atoms with Gasteiger partial charge >= 0.3 is 0 Å². The van der Waals surface area contributed by atoms with E-state index in [0.717, 1.165) is 26.2 Å². The average Bonchev–Trinajstić information content (AvgIpc) is 3.24. The summed E-state index contributed by atoms with van der Waals surface area (Å²) in [6.07, 6.45) is 5.98. The molecule has 1 saturated heterocycles. The summed E-state index contributed by atoms with van der Waals surface area (Å²) in [4.78, 5) is 11.3. The minimum absolute atomic E-state index is 1.04. The smallest absolute Gasteiger partial charge is 0.0952 e. The number of aromatic nitrogens is 2. The molecule has 0 unspecified atom stereocenters. The molecule has 0 aliphatic carbocycles. The third-order valence-corrected chi connectivity index (χ3v) is 5.67. The van der Waals surface area contributed by atoms with Gasteiger partial charge in [0.1, 0.15) is 0 Å². The Balaban J connectivity index is 1.49. The predicted octanol–water partition coefficient (Wildman–Crippen LogP) is 2.95. The maximum absolute atomic E-state index is 4.73. The van der Waals surface area contributed by atoms with Crippen LogP contribution in [-0.4, -0.2) is 39.0 Å². The molecule has 4 rings (SSSR count). The van der Waals surface area contributed by atoms with Crippen molar-refractivity contribution >= 4 is 11.3 Å². The van der Waals surface area contributed by atoms with Crippen LogP contribution >= 0.6 is 11.3 Å². The van der Waals surface area contributed by atoms with Gasteiger partial charge in [0.25, 0.3) is 0 Å². The van der Waals surface area contributed by atoms with Gasteiger partial charge in [-0.2, -0.15) is 0 Å². The van der Waals surface area contributed by atoms with Gasteiger partial charge in [-0.05, 0) is 43.8 Å². The molecule has 2 aromatic heterocycles. The van der Waals surface area contributed by atoms with Crippen LogP contribution in [0.2, 0.25) is 0 Å². The fourth-order valence-electron chi connectivity index (χ4n) is 3.62. The van der Waals surface area contributed by atoms with Crippen molar-refractivity contribution in [2.75, 3.05) is 19.6 Å². The van der Waals surface area contributed by atoms with Crippen molar-refractivity contribution in [3.05, 3.63) is 40.1 Å². The predicted molar refractivity (Wildman–Crippen MR) is 89.8 cm³/mol. The highest BCUT2D eigenvalue weighted by Crippen LogP contribution is 2.21. The fraction of sp³-hybridized carbons (Fsp3) is 0.588. The number of hydrogen-bond acceptors (Lipinski definition) is 4. The Morgan fingerprint density at radius 2 is 1.86 bits per heavy atom. The molecule has 0 aromatic carbocycles. The molecule has 0 radical (unpaired) electrons. The van der Waals surface area contributed by atoms with E-state index in [2.05, 4.69) is 38.2 Å². The highest BCUT2D eigenvalue weighted by Gasteiger charge is 2.21. The Kier molecular flexibility index (Phi) is 4.28. The Hall–Kier alpha value is -1.17. The van der Waals surface area contributed by atoms with E-state index in [4.69, 9.17) is 4.98 Å². The third kappa shape index (κ3) is 3.12. The molecule has 4 heterocycles. The lowest BCUT2D eigenvalue weighted by atomic mass is 10.2. The van der Waals surface area contributed by atoms with Gasteiger partial charge in [0.2, 0.25) is 0 Å². The molecule has 0 bridgehead atoms. The molecule has 0 amide bonds. The lowest BCUT2D eigenvalue weighted by molar-refractivity contribution is 0.260. The van der Waals surface area contributed by atoms with E-state index in [1.165, 1.54) is 55.2 Å². The number of fused-ring (bicyclic) bond motifs is 1. The van der Waals surface area contributed by atoms with Crippen molar-refractivity contribution in [3.8, 4) is 0 Å². The maximum Gasteiger partial charge on any atom is 0.0952 e. The van der Waals surface area contributed by atoms with Crippen LogP contribution in [0.5, 0.6) is 0 Å².